The molecule has 0 aromatic heterocycles. The molecule has 5 atom stereocenters. The number of hydrogen-bond donors (Lipinski definition) is 3. The highest BCUT2D eigenvalue weighted by Crippen LogP contribution is 2.38. The van der Waals surface area contributed by atoms with Crippen LogP contribution in [0.15, 0.2) is 24.3 Å². The number of Topliss-reactive ketones (excluding diaryl/α,β-unsaturated/α-hetero) is 1. The molecule has 1 spiro atoms. The molecule has 2 aliphatic carbocycles. The summed E-state index contributed by atoms with van der Waals surface area (Å²) in [6.07, 6.45) is 12.5. The number of hydrogen-bond acceptors (Lipinski definition) is 7. The summed E-state index contributed by atoms with van der Waals surface area (Å²) in [5.41, 5.74) is 0.933. The molecule has 1 aromatic carbocycles. The molecular formula is C34H49ClN2O6S. The van der Waals surface area contributed by atoms with Crippen molar-refractivity contribution in [3.63, 3.8) is 0 Å². The zero-order valence-corrected chi connectivity index (χ0v) is 27.3. The van der Waals surface area contributed by atoms with Crippen molar-refractivity contribution in [1.82, 2.24) is 10.0 Å². The lowest BCUT2D eigenvalue weighted by molar-refractivity contribution is -0.125. The lowest BCUT2D eigenvalue weighted by atomic mass is 9.81. The highest BCUT2D eigenvalue weighted by Gasteiger charge is 2.45. The van der Waals surface area contributed by atoms with Crippen molar-refractivity contribution < 1.29 is 29.0 Å². The molecule has 1 aromatic rings. The van der Waals surface area contributed by atoms with Crippen LogP contribution < -0.4 is 10.0 Å². The summed E-state index contributed by atoms with van der Waals surface area (Å²) in [6.45, 7) is 1.15. The van der Waals surface area contributed by atoms with Gasteiger partial charge in [0.2, 0.25) is 5.91 Å². The highest BCUT2D eigenvalue weighted by atomic mass is 35.5. The van der Waals surface area contributed by atoms with Gasteiger partial charge in [0, 0.05) is 48.6 Å². The second-order valence-corrected chi connectivity index (χ2v) is 15.1. The number of ether oxygens (including phenoxy) is 2. The van der Waals surface area contributed by atoms with Crippen LogP contribution in [0.5, 0.6) is 0 Å². The average Bonchev–Trinajstić information content (AvgIpc) is 3.57. The molecule has 2 aliphatic heterocycles. The molecule has 2 heterocycles. The fraction of sp³-hybridized carbons (Fsp3) is 0.735. The Kier molecular flexibility index (Phi) is 12.3. The molecule has 4 unspecified atom stereocenters. The van der Waals surface area contributed by atoms with Gasteiger partial charge in [-0.25, -0.2) is 4.79 Å². The second-order valence-electron chi connectivity index (χ2n) is 13.7. The van der Waals surface area contributed by atoms with E-state index in [1.165, 1.54) is 31.2 Å². The molecule has 2 amide bonds. The number of benzene rings is 1. The minimum absolute atomic E-state index is 0.0240. The van der Waals surface area contributed by atoms with Gasteiger partial charge in [-0.1, -0.05) is 55.8 Å². The van der Waals surface area contributed by atoms with E-state index >= 15 is 0 Å². The maximum Gasteiger partial charge on any atom is 0.417 e. The van der Waals surface area contributed by atoms with Crippen LogP contribution in [-0.4, -0.2) is 59.6 Å². The summed E-state index contributed by atoms with van der Waals surface area (Å²) in [5, 5.41) is 13.7. The Bertz CT molecular complexity index is 1120. The molecule has 4 aliphatic rings. The third-order valence-electron chi connectivity index (χ3n) is 10.4. The molecule has 8 nitrogen and oxygen atoms in total. The monoisotopic (exact) mass is 648 g/mol. The third-order valence-corrected chi connectivity index (χ3v) is 11.6. The maximum atomic E-state index is 13.7. The predicted molar refractivity (Wildman–Crippen MR) is 172 cm³/mol. The Hall–Kier alpha value is -1.81. The Balaban J connectivity index is 1.15. The standard InChI is InChI=1S/C34H49ClN2O6S/c35-28-10-4-8-24(18-28)16-26-9-5-11-30(26)43-33(41)37-44-31(20-23-6-2-1-3-7-23)29(39)19-25(22-38)17-27-21-34(36-32(27)40)12-14-42-15-13-34/h4,8,10,18,23,25-27,30-31,38H,1-3,5-7,9,11-17,19-22H2,(H,36,40)(H,37,41)/t25?,26?,27?,30?,31-/m0/s1. The van der Waals surface area contributed by atoms with Crippen molar-refractivity contribution in [3.05, 3.63) is 34.9 Å². The fourth-order valence-electron chi connectivity index (χ4n) is 7.91. The van der Waals surface area contributed by atoms with Crippen molar-refractivity contribution in [2.24, 2.45) is 23.7 Å². The summed E-state index contributed by atoms with van der Waals surface area (Å²) in [4.78, 5) is 39.6. The van der Waals surface area contributed by atoms with E-state index < -0.39 is 11.3 Å². The summed E-state index contributed by atoms with van der Waals surface area (Å²) < 4.78 is 14.3. The van der Waals surface area contributed by atoms with Crippen LogP contribution in [0.3, 0.4) is 0 Å². The van der Waals surface area contributed by atoms with Gasteiger partial charge in [0.25, 0.3) is 0 Å². The number of amides is 2. The molecule has 4 fully saturated rings. The topological polar surface area (TPSA) is 114 Å². The number of halogens is 1. The minimum atomic E-state index is -0.498. The number of carbonyl (C=O) groups is 3. The molecule has 10 heteroatoms. The van der Waals surface area contributed by atoms with Gasteiger partial charge in [-0.2, -0.15) is 0 Å². The van der Waals surface area contributed by atoms with Gasteiger partial charge in [-0.05, 0) is 99.3 Å². The van der Waals surface area contributed by atoms with Crippen molar-refractivity contribution in [2.75, 3.05) is 19.8 Å². The molecule has 44 heavy (non-hydrogen) atoms. The number of aliphatic hydroxyl groups is 1. The Morgan fingerprint density at radius 2 is 1.91 bits per heavy atom. The van der Waals surface area contributed by atoms with Gasteiger partial charge in [0.15, 0.2) is 0 Å². The van der Waals surface area contributed by atoms with Gasteiger partial charge in [0.1, 0.15) is 11.9 Å². The van der Waals surface area contributed by atoms with Crippen LogP contribution in [0.1, 0.15) is 95.5 Å². The van der Waals surface area contributed by atoms with E-state index in [1.54, 1.807) is 0 Å². The van der Waals surface area contributed by atoms with Gasteiger partial charge >= 0.3 is 6.09 Å². The van der Waals surface area contributed by atoms with Gasteiger partial charge in [0.05, 0.1) is 5.25 Å². The van der Waals surface area contributed by atoms with Crippen molar-refractivity contribution in [2.45, 2.75) is 113 Å². The smallest absolute Gasteiger partial charge is 0.417 e. The Morgan fingerprint density at radius 3 is 2.66 bits per heavy atom. The van der Waals surface area contributed by atoms with E-state index in [2.05, 4.69) is 16.1 Å². The minimum Gasteiger partial charge on any atom is -0.445 e. The lowest BCUT2D eigenvalue weighted by Gasteiger charge is -2.33. The average molecular weight is 649 g/mol. The SMILES string of the molecule is O=C(NS[C@@H](CC1CCCCC1)C(=O)CC(CO)CC1CC2(CCOCC2)NC1=O)OC1CCCC1Cc1cccc(Cl)c1. The third kappa shape index (κ3) is 9.36. The molecule has 244 valence electrons. The number of ketones is 1. The number of nitrogens with one attached hydrogen (secondary N) is 2. The highest BCUT2D eigenvalue weighted by molar-refractivity contribution is 7.99. The van der Waals surface area contributed by atoms with Crippen molar-refractivity contribution in [1.29, 1.82) is 0 Å². The maximum absolute atomic E-state index is 13.7. The Morgan fingerprint density at radius 1 is 1.11 bits per heavy atom. The Labute approximate surface area is 271 Å². The van der Waals surface area contributed by atoms with Crippen LogP contribution in [-0.2, 0) is 25.5 Å². The number of rotatable bonds is 13. The summed E-state index contributed by atoms with van der Waals surface area (Å²) in [6, 6.07) is 7.83. The first-order chi connectivity index (χ1) is 21.3. The summed E-state index contributed by atoms with van der Waals surface area (Å²) in [7, 11) is 0. The molecule has 2 saturated heterocycles. The van der Waals surface area contributed by atoms with E-state index in [-0.39, 0.29) is 54.1 Å². The first-order valence-electron chi connectivity index (χ1n) is 16.7. The number of carbonyl (C=O) groups excluding carboxylic acids is 3. The van der Waals surface area contributed by atoms with E-state index in [0.29, 0.717) is 37.0 Å². The van der Waals surface area contributed by atoms with Crippen LogP contribution in [0.2, 0.25) is 5.02 Å². The molecule has 0 bridgehead atoms. The molecule has 2 saturated carbocycles. The van der Waals surface area contributed by atoms with Crippen molar-refractivity contribution >= 4 is 41.3 Å². The second kappa shape index (κ2) is 16.1. The largest absolute Gasteiger partial charge is 0.445 e. The predicted octanol–water partition coefficient (Wildman–Crippen LogP) is 6.41. The zero-order valence-electron chi connectivity index (χ0n) is 25.8. The molecular weight excluding hydrogens is 600 g/mol. The fourth-order valence-corrected chi connectivity index (χ4v) is 9.01. The summed E-state index contributed by atoms with van der Waals surface area (Å²) >= 11 is 7.34. The van der Waals surface area contributed by atoms with E-state index in [4.69, 9.17) is 21.1 Å². The van der Waals surface area contributed by atoms with E-state index in [1.807, 2.05) is 18.2 Å². The van der Waals surface area contributed by atoms with Crippen molar-refractivity contribution in [3.8, 4) is 0 Å². The molecule has 5 rings (SSSR count). The van der Waals surface area contributed by atoms with Gasteiger partial charge in [-0.3, -0.25) is 14.3 Å². The normalized spacial score (nSPS) is 26.7. The zero-order chi connectivity index (χ0) is 30.9. The quantitative estimate of drug-likeness (QED) is 0.212. The van der Waals surface area contributed by atoms with Crippen LogP contribution >= 0.6 is 23.5 Å². The van der Waals surface area contributed by atoms with E-state index in [9.17, 15) is 19.5 Å². The van der Waals surface area contributed by atoms with Gasteiger partial charge < -0.3 is 19.9 Å². The van der Waals surface area contributed by atoms with Crippen LogP contribution in [0, 0.1) is 23.7 Å². The molecule has 0 radical (unpaired) electrons. The van der Waals surface area contributed by atoms with Gasteiger partial charge in [-0.15, -0.1) is 0 Å². The lowest BCUT2D eigenvalue weighted by Crippen LogP contribution is -2.45. The first-order valence-corrected chi connectivity index (χ1v) is 18.0. The first kappa shape index (κ1) is 33.6. The van der Waals surface area contributed by atoms with Crippen LogP contribution in [0.4, 0.5) is 4.79 Å². The summed E-state index contributed by atoms with van der Waals surface area (Å²) in [5.74, 6) is 0.237. The van der Waals surface area contributed by atoms with Crippen LogP contribution in [0.25, 0.3) is 0 Å². The molecule has 3 N–H and O–H groups in total. The van der Waals surface area contributed by atoms with E-state index in [0.717, 1.165) is 63.4 Å². The number of aliphatic hydroxyl groups excluding tert-OH is 1.